The maximum Gasteiger partial charge on any atom is 0.573 e. The Hall–Kier alpha value is -2.59. The van der Waals surface area contributed by atoms with E-state index in [-0.39, 0.29) is 17.7 Å². The Balaban J connectivity index is 2.18. The van der Waals surface area contributed by atoms with Crippen molar-refractivity contribution in [2.45, 2.75) is 23.3 Å². The van der Waals surface area contributed by atoms with E-state index in [1.165, 1.54) is 32.4 Å². The molecule has 1 amide bonds. The zero-order valence-electron chi connectivity index (χ0n) is 16.3. The van der Waals surface area contributed by atoms with Crippen molar-refractivity contribution in [2.24, 2.45) is 0 Å². The number of methoxy groups -OCH3 is 2. The molecule has 2 aromatic rings. The smallest absolute Gasteiger partial charge is 0.493 e. The van der Waals surface area contributed by atoms with Crippen LogP contribution in [0.1, 0.15) is 22.8 Å². The second-order valence-electron chi connectivity index (χ2n) is 6.43. The summed E-state index contributed by atoms with van der Waals surface area (Å²) in [6, 6.07) is 8.93. The van der Waals surface area contributed by atoms with Crippen molar-refractivity contribution in [1.29, 1.82) is 0 Å². The molecule has 2 atom stereocenters. The van der Waals surface area contributed by atoms with Crippen molar-refractivity contribution in [3.63, 3.8) is 0 Å². The van der Waals surface area contributed by atoms with E-state index >= 15 is 0 Å². The normalized spacial score (nSPS) is 18.5. The number of esters is 1. The van der Waals surface area contributed by atoms with Crippen LogP contribution in [0.25, 0.3) is 0 Å². The molecule has 0 aromatic heterocycles. The average molecular weight is 476 g/mol. The monoisotopic (exact) mass is 475 g/mol. The number of carbonyl (C=O) groups excluding carboxylic acids is 2. The van der Waals surface area contributed by atoms with E-state index < -0.39 is 34.5 Å². The Morgan fingerprint density at radius 3 is 2.58 bits per heavy atom. The number of carbonyl (C=O) groups is 2. The van der Waals surface area contributed by atoms with Crippen LogP contribution in [0, 0.1) is 0 Å². The van der Waals surface area contributed by atoms with Crippen molar-refractivity contribution in [3.05, 3.63) is 52.5 Å². The van der Waals surface area contributed by atoms with Crippen LogP contribution in [0.4, 0.5) is 18.9 Å². The molecule has 6 nitrogen and oxygen atoms in total. The van der Waals surface area contributed by atoms with Gasteiger partial charge in [-0.2, -0.15) is 0 Å². The number of hydrogen-bond donors (Lipinski definition) is 1. The molecule has 2 aromatic carbocycles. The minimum absolute atomic E-state index is 0.108. The van der Waals surface area contributed by atoms with Crippen molar-refractivity contribution >= 4 is 40.9 Å². The number of para-hydroxylation sites is 1. The minimum Gasteiger partial charge on any atom is -0.493 e. The summed E-state index contributed by atoms with van der Waals surface area (Å²) in [6.45, 7) is 0. The number of thioether (sulfide) groups is 1. The number of fused-ring (bicyclic) bond motifs is 1. The number of halogens is 4. The van der Waals surface area contributed by atoms with Gasteiger partial charge in [0.2, 0.25) is 5.91 Å². The number of benzene rings is 2. The third kappa shape index (κ3) is 5.37. The number of hydrogen-bond acceptors (Lipinski definition) is 6. The van der Waals surface area contributed by atoms with E-state index in [2.05, 4.69) is 14.8 Å². The highest BCUT2D eigenvalue weighted by atomic mass is 35.5. The molecule has 0 saturated carbocycles. The topological polar surface area (TPSA) is 73.9 Å². The third-order valence-electron chi connectivity index (χ3n) is 4.46. The lowest BCUT2D eigenvalue weighted by molar-refractivity contribution is -0.275. The van der Waals surface area contributed by atoms with Gasteiger partial charge in [-0.25, -0.2) is 0 Å². The standard InChI is InChI=1S/C20H17ClF3NO5S/c1-28-14-5-3-4-11(17(14)30-20(22,23)24)18-12-8-10(21)6-7-13(12)25-19(27)15(31-18)9-16(26)29-2/h3-8,15,18H,9H2,1-2H3,(H,25,27)/t15-,18-/m0/s1. The van der Waals surface area contributed by atoms with Gasteiger partial charge in [0.25, 0.3) is 0 Å². The maximum absolute atomic E-state index is 13.2. The molecule has 3 rings (SSSR count). The van der Waals surface area contributed by atoms with E-state index in [4.69, 9.17) is 16.3 Å². The van der Waals surface area contributed by atoms with Gasteiger partial charge in [0.1, 0.15) is 0 Å². The highest BCUT2D eigenvalue weighted by Gasteiger charge is 2.38. The molecular weight excluding hydrogens is 459 g/mol. The number of anilines is 1. The fourth-order valence-corrected chi connectivity index (χ4v) is 4.72. The minimum atomic E-state index is -4.98. The predicted octanol–water partition coefficient (Wildman–Crippen LogP) is 4.95. The summed E-state index contributed by atoms with van der Waals surface area (Å²) in [6.07, 6.45) is -5.25. The lowest BCUT2D eigenvalue weighted by atomic mass is 10.0. The van der Waals surface area contributed by atoms with Gasteiger partial charge < -0.3 is 19.5 Å². The maximum atomic E-state index is 13.2. The molecule has 166 valence electrons. The molecule has 0 bridgehead atoms. The second-order valence-corrected chi connectivity index (χ2v) is 8.18. The largest absolute Gasteiger partial charge is 0.573 e. The first-order valence-electron chi connectivity index (χ1n) is 8.88. The SMILES string of the molecule is COC(=O)C[C@@H]1S[C@@H](c2cccc(OC)c2OC(F)(F)F)c2cc(Cl)ccc2NC1=O. The van der Waals surface area contributed by atoms with Gasteiger partial charge in [-0.3, -0.25) is 9.59 Å². The van der Waals surface area contributed by atoms with E-state index in [1.54, 1.807) is 18.2 Å². The zero-order chi connectivity index (χ0) is 22.8. The van der Waals surface area contributed by atoms with Gasteiger partial charge in [0.15, 0.2) is 11.5 Å². The van der Waals surface area contributed by atoms with E-state index in [0.29, 0.717) is 16.3 Å². The number of alkyl halides is 3. The summed E-state index contributed by atoms with van der Waals surface area (Å²) >= 11 is 7.13. The van der Waals surface area contributed by atoms with Crippen LogP contribution in [0.2, 0.25) is 5.02 Å². The summed E-state index contributed by atoms with van der Waals surface area (Å²) < 4.78 is 53.5. The molecule has 1 heterocycles. The number of amides is 1. The van der Waals surface area contributed by atoms with Crippen molar-refractivity contribution in [3.8, 4) is 11.5 Å². The predicted molar refractivity (Wildman–Crippen MR) is 110 cm³/mol. The number of nitrogens with one attached hydrogen (secondary N) is 1. The molecule has 31 heavy (non-hydrogen) atoms. The van der Waals surface area contributed by atoms with Crippen molar-refractivity contribution in [2.75, 3.05) is 19.5 Å². The highest BCUT2D eigenvalue weighted by molar-refractivity contribution is 8.01. The van der Waals surface area contributed by atoms with E-state index in [9.17, 15) is 22.8 Å². The molecule has 1 N–H and O–H groups in total. The van der Waals surface area contributed by atoms with Crippen LogP contribution in [-0.2, 0) is 14.3 Å². The molecule has 1 aliphatic rings. The van der Waals surface area contributed by atoms with Crippen LogP contribution in [-0.4, -0.2) is 37.7 Å². The molecule has 0 unspecified atom stereocenters. The summed E-state index contributed by atoms with van der Waals surface area (Å²) in [5.74, 6) is -1.78. The lowest BCUT2D eigenvalue weighted by Crippen LogP contribution is -2.27. The van der Waals surface area contributed by atoms with Gasteiger partial charge in [-0.15, -0.1) is 24.9 Å². The van der Waals surface area contributed by atoms with Crippen LogP contribution in [0.5, 0.6) is 11.5 Å². The van der Waals surface area contributed by atoms with Gasteiger partial charge in [-0.05, 0) is 29.8 Å². The molecule has 1 aliphatic heterocycles. The van der Waals surface area contributed by atoms with Crippen LogP contribution in [0.15, 0.2) is 36.4 Å². The first-order chi connectivity index (χ1) is 14.6. The third-order valence-corrected chi connectivity index (χ3v) is 6.18. The Kier molecular flexibility index (Phi) is 6.90. The first kappa shape index (κ1) is 23.1. The number of ether oxygens (including phenoxy) is 3. The summed E-state index contributed by atoms with van der Waals surface area (Å²) in [5, 5.41) is 1.26. The van der Waals surface area contributed by atoms with Gasteiger partial charge in [-0.1, -0.05) is 23.7 Å². The molecular formula is C20H17ClF3NO5S. The fraction of sp³-hybridized carbons (Fsp3) is 0.300. The van der Waals surface area contributed by atoms with E-state index in [0.717, 1.165) is 11.8 Å². The Labute approximate surface area is 185 Å². The van der Waals surface area contributed by atoms with Crippen LogP contribution in [0.3, 0.4) is 0 Å². The Morgan fingerprint density at radius 2 is 1.94 bits per heavy atom. The van der Waals surface area contributed by atoms with Crippen LogP contribution >= 0.6 is 23.4 Å². The average Bonchev–Trinajstić information content (AvgIpc) is 2.83. The van der Waals surface area contributed by atoms with Crippen molar-refractivity contribution < 1.29 is 37.0 Å². The zero-order valence-corrected chi connectivity index (χ0v) is 17.9. The molecule has 0 fully saturated rings. The molecule has 11 heteroatoms. The van der Waals surface area contributed by atoms with Gasteiger partial charge in [0, 0.05) is 16.3 Å². The van der Waals surface area contributed by atoms with E-state index in [1.807, 2.05) is 0 Å². The second kappa shape index (κ2) is 9.27. The Morgan fingerprint density at radius 1 is 1.19 bits per heavy atom. The summed E-state index contributed by atoms with van der Waals surface area (Å²) in [5.41, 5.74) is 0.926. The van der Waals surface area contributed by atoms with Gasteiger partial charge in [0.05, 0.1) is 31.1 Å². The van der Waals surface area contributed by atoms with Gasteiger partial charge >= 0.3 is 12.3 Å². The quantitative estimate of drug-likeness (QED) is 0.617. The number of rotatable bonds is 5. The molecule has 0 saturated heterocycles. The highest BCUT2D eigenvalue weighted by Crippen LogP contribution is 2.50. The summed E-state index contributed by atoms with van der Waals surface area (Å²) in [4.78, 5) is 24.6. The molecule has 0 aliphatic carbocycles. The lowest BCUT2D eigenvalue weighted by Gasteiger charge is -2.24. The molecule has 0 radical (unpaired) electrons. The fourth-order valence-electron chi connectivity index (χ4n) is 3.12. The summed E-state index contributed by atoms with van der Waals surface area (Å²) in [7, 11) is 2.41. The molecule has 0 spiro atoms. The first-order valence-corrected chi connectivity index (χ1v) is 10.2. The van der Waals surface area contributed by atoms with Crippen LogP contribution < -0.4 is 14.8 Å². The van der Waals surface area contributed by atoms with Crippen molar-refractivity contribution in [1.82, 2.24) is 0 Å². The Bertz CT molecular complexity index is 1000.